The summed E-state index contributed by atoms with van der Waals surface area (Å²) in [5, 5.41) is 4.03. The highest BCUT2D eigenvalue weighted by molar-refractivity contribution is 5.94. The summed E-state index contributed by atoms with van der Waals surface area (Å²) in [5.41, 5.74) is 1.10. The van der Waals surface area contributed by atoms with E-state index >= 15 is 0 Å². The normalized spacial score (nSPS) is 13.9. The number of hydrogen-bond donors (Lipinski definition) is 0. The van der Waals surface area contributed by atoms with Crippen molar-refractivity contribution >= 4 is 5.78 Å². The van der Waals surface area contributed by atoms with Crippen LogP contribution < -0.4 is 0 Å². The van der Waals surface area contributed by atoms with Crippen LogP contribution in [0, 0.1) is 6.85 Å². The smallest absolute Gasteiger partial charge is 0.163 e. The van der Waals surface area contributed by atoms with Gasteiger partial charge in [0.05, 0.1) is 18.3 Å². The van der Waals surface area contributed by atoms with Crippen LogP contribution in [-0.4, -0.2) is 15.6 Å². The molecule has 0 radical (unpaired) electrons. The maximum absolute atomic E-state index is 11.5. The molecular weight excluding hydrogens is 200 g/mol. The Morgan fingerprint density at radius 1 is 1.44 bits per heavy atom. The van der Waals surface area contributed by atoms with Gasteiger partial charge in [0.2, 0.25) is 0 Å². The first-order valence-electron chi connectivity index (χ1n) is 6.51. The van der Waals surface area contributed by atoms with E-state index in [2.05, 4.69) is 5.10 Å². The molecule has 2 aromatic rings. The minimum atomic E-state index is -2.35. The summed E-state index contributed by atoms with van der Waals surface area (Å²) in [5.74, 6) is -0.287. The molecule has 2 rings (SSSR count). The molecule has 0 amide bonds. The first-order valence-corrected chi connectivity index (χ1v) is 5.01. The predicted octanol–water partition coefficient (Wildman–Crippen LogP) is 2.44. The first kappa shape index (κ1) is 7.39. The summed E-state index contributed by atoms with van der Waals surface area (Å²) in [6, 6.07) is 9.41. The number of Topliss-reactive ketones (excluding diaryl/α,β-unsaturated/α-hetero) is 1. The zero-order chi connectivity index (χ0) is 14.0. The average molecular weight is 217 g/mol. The number of hydrogen-bond acceptors (Lipinski definition) is 2. The summed E-state index contributed by atoms with van der Waals surface area (Å²) in [6.45, 7) is -0.673. The lowest BCUT2D eigenvalue weighted by atomic mass is 10.2. The molecule has 3 heteroatoms. The van der Waals surface area contributed by atoms with Crippen LogP contribution in [0.3, 0.4) is 0 Å². The third-order valence-corrected chi connectivity index (χ3v) is 2.39. The number of carbonyl (C=O) groups is 1. The van der Waals surface area contributed by atoms with E-state index in [1.165, 1.54) is 17.8 Å². The molecule has 3 nitrogen and oxygen atoms in total. The van der Waals surface area contributed by atoms with Crippen LogP contribution in [0.15, 0.2) is 36.5 Å². The molecule has 0 saturated carbocycles. The van der Waals surface area contributed by atoms with E-state index in [4.69, 9.17) is 4.11 Å². The molecule has 0 bridgehead atoms. The summed E-state index contributed by atoms with van der Waals surface area (Å²) >= 11 is 0. The van der Waals surface area contributed by atoms with Crippen molar-refractivity contribution in [2.24, 2.45) is 0 Å². The van der Waals surface area contributed by atoms with Gasteiger partial charge in [-0.3, -0.25) is 9.48 Å². The third kappa shape index (κ3) is 2.03. The number of benzene rings is 1. The molecule has 1 aromatic carbocycles. The molecule has 82 valence electrons. The monoisotopic (exact) mass is 217 g/mol. The molecule has 1 aromatic heterocycles. The largest absolute Gasteiger partial charge is 0.294 e. The first-order chi connectivity index (χ1) is 8.89. The summed E-state index contributed by atoms with van der Waals surface area (Å²) < 4.78 is 24.0. The summed E-state index contributed by atoms with van der Waals surface area (Å²) in [6.07, 6.45) is 1.33. The van der Waals surface area contributed by atoms with Crippen molar-refractivity contribution in [3.05, 3.63) is 53.3 Å². The maximum atomic E-state index is 11.5. The fraction of sp³-hybridized carbons (Fsp3) is 0.231. The molecule has 1 heterocycles. The van der Waals surface area contributed by atoms with Crippen molar-refractivity contribution in [3.8, 4) is 0 Å². The van der Waals surface area contributed by atoms with Crippen molar-refractivity contribution < 1.29 is 8.91 Å². The number of rotatable bonds is 3. The van der Waals surface area contributed by atoms with Crippen molar-refractivity contribution in [2.45, 2.75) is 20.3 Å². The Balaban J connectivity index is 2.44. The highest BCUT2D eigenvalue weighted by atomic mass is 16.1. The predicted molar refractivity (Wildman–Crippen MR) is 62.5 cm³/mol. The summed E-state index contributed by atoms with van der Waals surface area (Å²) in [7, 11) is 0. The lowest BCUT2D eigenvalue weighted by Gasteiger charge is -2.04. The van der Waals surface area contributed by atoms with E-state index in [9.17, 15) is 4.79 Å². The molecule has 0 N–H and O–H groups in total. The molecule has 0 aliphatic heterocycles. The maximum Gasteiger partial charge on any atom is 0.163 e. The number of aromatic nitrogens is 2. The van der Waals surface area contributed by atoms with Gasteiger partial charge in [0, 0.05) is 9.81 Å². The minimum Gasteiger partial charge on any atom is -0.294 e. The van der Waals surface area contributed by atoms with Gasteiger partial charge in [-0.2, -0.15) is 5.10 Å². The van der Waals surface area contributed by atoms with Crippen LogP contribution in [-0.2, 0) is 6.54 Å². The highest BCUT2D eigenvalue weighted by Crippen LogP contribution is 2.10. The lowest BCUT2D eigenvalue weighted by molar-refractivity contribution is 0.101. The average Bonchev–Trinajstić information content (AvgIpc) is 2.74. The van der Waals surface area contributed by atoms with Gasteiger partial charge in [-0.05, 0) is 19.3 Å². The van der Waals surface area contributed by atoms with Crippen LogP contribution in [0.5, 0.6) is 0 Å². The van der Waals surface area contributed by atoms with Gasteiger partial charge in [-0.15, -0.1) is 0 Å². The van der Waals surface area contributed by atoms with Gasteiger partial charge < -0.3 is 0 Å². The lowest BCUT2D eigenvalue weighted by Crippen LogP contribution is -2.04. The Morgan fingerprint density at radius 2 is 2.19 bits per heavy atom. The fourth-order valence-corrected chi connectivity index (χ4v) is 1.52. The van der Waals surface area contributed by atoms with Crippen LogP contribution >= 0.6 is 0 Å². The standard InChI is InChI=1S/C13H14N2O/c1-10-13(11(2)16)8-14-15(10)9-12-6-4-3-5-7-12/h3-8H,9H2,1-2H3/i1D3. The molecular formula is C13H14N2O. The second kappa shape index (κ2) is 4.31. The Kier molecular flexibility index (Phi) is 1.99. The Hall–Kier alpha value is -1.90. The van der Waals surface area contributed by atoms with E-state index < -0.39 is 6.85 Å². The highest BCUT2D eigenvalue weighted by Gasteiger charge is 2.09. The molecule has 0 spiro atoms. The topological polar surface area (TPSA) is 34.9 Å². The molecule has 0 atom stereocenters. The van der Waals surface area contributed by atoms with Crippen LogP contribution in [0.25, 0.3) is 0 Å². The second-order valence-electron chi connectivity index (χ2n) is 3.61. The van der Waals surface area contributed by atoms with Gasteiger partial charge in [0.1, 0.15) is 0 Å². The zero-order valence-electron chi connectivity index (χ0n) is 12.0. The van der Waals surface area contributed by atoms with Gasteiger partial charge in [0.15, 0.2) is 5.78 Å². The van der Waals surface area contributed by atoms with Gasteiger partial charge >= 0.3 is 0 Å². The molecule has 0 aliphatic carbocycles. The zero-order valence-corrected chi connectivity index (χ0v) is 8.97. The van der Waals surface area contributed by atoms with E-state index in [0.717, 1.165) is 5.56 Å². The number of carbonyl (C=O) groups excluding carboxylic acids is 1. The molecule has 0 aliphatic rings. The Bertz CT molecular complexity index is 588. The minimum absolute atomic E-state index is 0.00357. The van der Waals surface area contributed by atoms with E-state index in [1.807, 2.05) is 30.3 Å². The van der Waals surface area contributed by atoms with Gasteiger partial charge in [-0.1, -0.05) is 30.3 Å². The van der Waals surface area contributed by atoms with Gasteiger partial charge in [0.25, 0.3) is 0 Å². The van der Waals surface area contributed by atoms with E-state index in [-0.39, 0.29) is 17.0 Å². The SMILES string of the molecule is [2H]C([2H])([2H])c1c(C(C)=O)cnn1Cc1ccccc1. The van der Waals surface area contributed by atoms with Crippen molar-refractivity contribution in [2.75, 3.05) is 0 Å². The van der Waals surface area contributed by atoms with E-state index in [0.29, 0.717) is 6.54 Å². The molecule has 16 heavy (non-hydrogen) atoms. The molecule has 0 fully saturated rings. The second-order valence-corrected chi connectivity index (χ2v) is 3.61. The van der Waals surface area contributed by atoms with E-state index in [1.54, 1.807) is 0 Å². The van der Waals surface area contributed by atoms with Crippen LogP contribution in [0.4, 0.5) is 0 Å². The third-order valence-electron chi connectivity index (χ3n) is 2.39. The Morgan fingerprint density at radius 3 is 2.81 bits per heavy atom. The van der Waals surface area contributed by atoms with Crippen LogP contribution in [0.1, 0.15) is 32.7 Å². The Labute approximate surface area is 98.9 Å². The number of nitrogens with zero attached hydrogens (tertiary/aromatic N) is 2. The van der Waals surface area contributed by atoms with Crippen molar-refractivity contribution in [1.82, 2.24) is 9.78 Å². The van der Waals surface area contributed by atoms with Gasteiger partial charge in [-0.25, -0.2) is 0 Å². The summed E-state index contributed by atoms with van der Waals surface area (Å²) in [4.78, 5) is 11.5. The quantitative estimate of drug-likeness (QED) is 0.740. The molecule has 0 unspecified atom stereocenters. The van der Waals surface area contributed by atoms with Crippen LogP contribution in [0.2, 0.25) is 0 Å². The fourth-order valence-electron chi connectivity index (χ4n) is 1.52. The van der Waals surface area contributed by atoms with Crippen molar-refractivity contribution in [1.29, 1.82) is 0 Å². The number of ketones is 1. The molecule has 0 saturated heterocycles. The van der Waals surface area contributed by atoms with Crippen molar-refractivity contribution in [3.63, 3.8) is 0 Å².